The highest BCUT2D eigenvalue weighted by Crippen LogP contribution is 2.43. The smallest absolute Gasteiger partial charge is 0.293 e. The molecule has 0 spiro atoms. The van der Waals surface area contributed by atoms with Gasteiger partial charge in [0.25, 0.3) is 5.95 Å². The average Bonchev–Trinajstić information content (AvgIpc) is 3.24. The number of anilines is 3. The van der Waals surface area contributed by atoms with Crippen molar-refractivity contribution in [2.24, 2.45) is 5.92 Å². The Morgan fingerprint density at radius 2 is 1.84 bits per heavy atom. The van der Waals surface area contributed by atoms with Crippen LogP contribution in [0.15, 0.2) is 59.8 Å². The Bertz CT molecular complexity index is 1490. The Morgan fingerprint density at radius 3 is 2.43 bits per heavy atom. The number of alkyl halides is 3. The van der Waals surface area contributed by atoms with Gasteiger partial charge in [-0.15, -0.1) is 5.10 Å². The zero-order valence-corrected chi connectivity index (χ0v) is 19.6. The molecule has 1 aromatic heterocycles. The van der Waals surface area contributed by atoms with E-state index in [-0.39, 0.29) is 35.0 Å². The van der Waals surface area contributed by atoms with E-state index in [2.05, 4.69) is 21.5 Å². The van der Waals surface area contributed by atoms with Crippen molar-refractivity contribution in [2.45, 2.75) is 38.4 Å². The number of hydrogen-bond donors (Lipinski definition) is 1. The lowest BCUT2D eigenvalue weighted by Gasteiger charge is -2.34. The third-order valence-corrected chi connectivity index (χ3v) is 6.68. The van der Waals surface area contributed by atoms with E-state index in [1.54, 1.807) is 31.2 Å². The average molecular weight is 503 g/mol. The molecule has 1 atom stereocenters. The lowest BCUT2D eigenvalue weighted by molar-refractivity contribution is -0.137. The number of carbonyl (C=O) groups excluding carboxylic acids is 1. The molecular weight excluding hydrogens is 483 g/mol. The summed E-state index contributed by atoms with van der Waals surface area (Å²) in [5.74, 6) is -0.215. The molecule has 37 heavy (non-hydrogen) atoms. The van der Waals surface area contributed by atoms with Crippen LogP contribution in [-0.4, -0.2) is 20.7 Å². The summed E-state index contributed by atoms with van der Waals surface area (Å²) in [4.78, 5) is 18.5. The van der Waals surface area contributed by atoms with Crippen molar-refractivity contribution in [1.29, 1.82) is 10.5 Å². The number of aromatic nitrogens is 3. The van der Waals surface area contributed by atoms with E-state index in [1.165, 1.54) is 21.7 Å². The van der Waals surface area contributed by atoms with Crippen molar-refractivity contribution in [1.82, 2.24) is 14.8 Å². The SMILES string of the molecule is CC1=C(C#N)[C@@H](c2ccc(C#N)cc2)n2nc(NC(=O)C3CCC3)nc2N1c1cccc(C(F)(F)F)c1. The zero-order valence-electron chi connectivity index (χ0n) is 19.6. The number of benzene rings is 2. The number of allylic oxidation sites excluding steroid dienone is 2. The summed E-state index contributed by atoms with van der Waals surface area (Å²) >= 11 is 0. The second kappa shape index (κ2) is 9.10. The molecule has 11 heteroatoms. The summed E-state index contributed by atoms with van der Waals surface area (Å²) in [5, 5.41) is 26.5. The van der Waals surface area contributed by atoms with Crippen LogP contribution in [0.4, 0.5) is 30.8 Å². The second-order valence-corrected chi connectivity index (χ2v) is 8.93. The fourth-order valence-electron chi connectivity index (χ4n) is 4.49. The van der Waals surface area contributed by atoms with Gasteiger partial charge in [-0.05, 0) is 55.7 Å². The van der Waals surface area contributed by atoms with Gasteiger partial charge in [-0.2, -0.15) is 28.7 Å². The Morgan fingerprint density at radius 1 is 1.11 bits per heavy atom. The van der Waals surface area contributed by atoms with Crippen LogP contribution in [-0.2, 0) is 11.0 Å². The van der Waals surface area contributed by atoms with Crippen LogP contribution in [0, 0.1) is 28.6 Å². The van der Waals surface area contributed by atoms with Gasteiger partial charge in [-0.25, -0.2) is 4.68 Å². The van der Waals surface area contributed by atoms with Crippen molar-refractivity contribution in [3.05, 3.63) is 76.5 Å². The zero-order chi connectivity index (χ0) is 26.3. The van der Waals surface area contributed by atoms with Crippen LogP contribution >= 0.6 is 0 Å². The molecule has 2 heterocycles. The molecule has 1 N–H and O–H groups in total. The Balaban J connectivity index is 1.66. The van der Waals surface area contributed by atoms with Crippen molar-refractivity contribution in [2.75, 3.05) is 10.2 Å². The number of carbonyl (C=O) groups is 1. The molecule has 1 aliphatic carbocycles. The van der Waals surface area contributed by atoms with Crippen LogP contribution in [0.2, 0.25) is 0 Å². The van der Waals surface area contributed by atoms with E-state index in [9.17, 15) is 23.2 Å². The number of halogens is 3. The van der Waals surface area contributed by atoms with Crippen molar-refractivity contribution in [3.8, 4) is 12.1 Å². The summed E-state index contributed by atoms with van der Waals surface area (Å²) < 4.78 is 41.9. The highest BCUT2D eigenvalue weighted by atomic mass is 19.4. The topological polar surface area (TPSA) is 111 Å². The maximum absolute atomic E-state index is 13.5. The van der Waals surface area contributed by atoms with Gasteiger partial charge in [-0.3, -0.25) is 15.0 Å². The minimum absolute atomic E-state index is 0.00508. The maximum Gasteiger partial charge on any atom is 0.416 e. The molecular formula is C26H20F3N7O. The number of hydrogen-bond acceptors (Lipinski definition) is 6. The predicted molar refractivity (Wildman–Crippen MR) is 127 cm³/mol. The fourth-order valence-corrected chi connectivity index (χ4v) is 4.49. The standard InChI is InChI=1S/C26H20F3N7O/c1-15-21(14-31)22(17-10-8-16(13-30)9-11-17)36-25(33-24(34-36)32-23(37)18-4-2-5-18)35(15)20-7-3-6-19(12-20)26(27,28)29/h3,6-12,18,22H,2,4-5H2,1H3,(H,32,34,37)/t22-/m1/s1. The number of nitriles is 2. The van der Waals surface area contributed by atoms with Crippen LogP contribution in [0.3, 0.4) is 0 Å². The number of nitrogens with zero attached hydrogens (tertiary/aromatic N) is 6. The molecule has 0 bridgehead atoms. The lowest BCUT2D eigenvalue weighted by Crippen LogP contribution is -2.31. The summed E-state index contributed by atoms with van der Waals surface area (Å²) in [6.45, 7) is 1.63. The van der Waals surface area contributed by atoms with Gasteiger partial charge >= 0.3 is 6.18 Å². The molecule has 1 fully saturated rings. The van der Waals surface area contributed by atoms with Gasteiger partial charge in [0.05, 0.1) is 28.8 Å². The van der Waals surface area contributed by atoms with Gasteiger partial charge in [0.2, 0.25) is 11.9 Å². The van der Waals surface area contributed by atoms with Crippen LogP contribution in [0.1, 0.15) is 48.9 Å². The maximum atomic E-state index is 13.5. The third-order valence-electron chi connectivity index (χ3n) is 6.68. The predicted octanol–water partition coefficient (Wildman–Crippen LogP) is 5.45. The minimum Gasteiger partial charge on any atom is -0.293 e. The van der Waals surface area contributed by atoms with E-state index >= 15 is 0 Å². The van der Waals surface area contributed by atoms with Gasteiger partial charge in [-0.1, -0.05) is 24.6 Å². The molecule has 1 aliphatic heterocycles. The summed E-state index contributed by atoms with van der Waals surface area (Å²) in [7, 11) is 0. The molecule has 186 valence electrons. The number of rotatable bonds is 4. The molecule has 1 amide bonds. The minimum atomic E-state index is -4.57. The molecule has 0 saturated heterocycles. The van der Waals surface area contributed by atoms with Crippen LogP contribution in [0.25, 0.3) is 0 Å². The highest BCUT2D eigenvalue weighted by molar-refractivity contribution is 5.91. The molecule has 1 saturated carbocycles. The summed E-state index contributed by atoms with van der Waals surface area (Å²) in [5.41, 5.74) is 0.946. The lowest BCUT2D eigenvalue weighted by atomic mass is 9.85. The van der Waals surface area contributed by atoms with E-state index in [4.69, 9.17) is 5.26 Å². The van der Waals surface area contributed by atoms with Gasteiger partial charge < -0.3 is 0 Å². The first-order chi connectivity index (χ1) is 17.7. The van der Waals surface area contributed by atoms with Crippen molar-refractivity contribution >= 4 is 23.5 Å². The summed E-state index contributed by atoms with van der Waals surface area (Å²) in [6.07, 6.45) is -2.07. The monoisotopic (exact) mass is 503 g/mol. The molecule has 2 aliphatic rings. The molecule has 5 rings (SSSR count). The Hall–Kier alpha value is -4.64. The normalized spacial score (nSPS) is 17.5. The van der Waals surface area contributed by atoms with Crippen molar-refractivity contribution in [3.63, 3.8) is 0 Å². The molecule has 3 aromatic rings. The van der Waals surface area contributed by atoms with E-state index in [1.807, 2.05) is 6.07 Å². The third kappa shape index (κ3) is 4.29. The molecule has 0 unspecified atom stereocenters. The first-order valence-corrected chi connectivity index (χ1v) is 11.6. The number of amides is 1. The molecule has 0 radical (unpaired) electrons. The van der Waals surface area contributed by atoms with Gasteiger partial charge in [0.15, 0.2) is 0 Å². The van der Waals surface area contributed by atoms with E-state index < -0.39 is 17.8 Å². The first-order valence-electron chi connectivity index (χ1n) is 11.6. The highest BCUT2D eigenvalue weighted by Gasteiger charge is 2.38. The fraction of sp³-hybridized carbons (Fsp3) is 0.269. The van der Waals surface area contributed by atoms with Crippen LogP contribution < -0.4 is 10.2 Å². The number of fused-ring (bicyclic) bond motifs is 1. The Labute approximate surface area is 210 Å². The first kappa shape index (κ1) is 24.1. The molecule has 2 aromatic carbocycles. The van der Waals surface area contributed by atoms with Crippen LogP contribution in [0.5, 0.6) is 0 Å². The quantitative estimate of drug-likeness (QED) is 0.507. The largest absolute Gasteiger partial charge is 0.416 e. The summed E-state index contributed by atoms with van der Waals surface area (Å²) in [6, 6.07) is 14.8. The van der Waals surface area contributed by atoms with Crippen molar-refractivity contribution < 1.29 is 18.0 Å². The Kier molecular flexibility index (Phi) is 5.92. The van der Waals surface area contributed by atoms with E-state index in [0.717, 1.165) is 31.4 Å². The molecule has 8 nitrogen and oxygen atoms in total. The van der Waals surface area contributed by atoms with E-state index in [0.29, 0.717) is 16.8 Å². The van der Waals surface area contributed by atoms with Gasteiger partial charge in [0.1, 0.15) is 6.04 Å². The number of nitrogens with one attached hydrogen (secondary N) is 1. The second-order valence-electron chi connectivity index (χ2n) is 8.93. The van der Waals surface area contributed by atoms with Gasteiger partial charge in [0, 0.05) is 17.3 Å².